The second-order valence-electron chi connectivity index (χ2n) is 4.43. The van der Waals surface area contributed by atoms with Gasteiger partial charge in [-0.05, 0) is 36.4 Å². The van der Waals surface area contributed by atoms with Gasteiger partial charge in [0, 0.05) is 23.4 Å². The Labute approximate surface area is 125 Å². The van der Waals surface area contributed by atoms with Crippen molar-refractivity contribution in [2.75, 3.05) is 12.3 Å². The molecule has 22 heavy (non-hydrogen) atoms. The fraction of sp³-hybridized carbons (Fsp3) is 0.0667. The van der Waals surface area contributed by atoms with Crippen LogP contribution in [0.5, 0.6) is 0 Å². The fourth-order valence-electron chi connectivity index (χ4n) is 1.69. The summed E-state index contributed by atoms with van der Waals surface area (Å²) in [4.78, 5) is 33.5. The number of ketones is 1. The molecule has 0 spiro atoms. The van der Waals surface area contributed by atoms with Crippen LogP contribution in [0.2, 0.25) is 0 Å². The largest absolute Gasteiger partial charge is 0.454 e. The molecule has 0 aliphatic carbocycles. The number of nitrogen functional groups attached to an aromatic ring is 1. The van der Waals surface area contributed by atoms with Crippen molar-refractivity contribution in [1.82, 2.24) is 0 Å². The Morgan fingerprint density at radius 1 is 1.00 bits per heavy atom. The lowest BCUT2D eigenvalue weighted by atomic mass is 10.1. The third-order valence-electron chi connectivity index (χ3n) is 2.88. The van der Waals surface area contributed by atoms with Gasteiger partial charge >= 0.3 is 5.97 Å². The minimum atomic E-state index is -0.643. The number of nitrogens with two attached hydrogens (primary N) is 1. The average molecular weight is 300 g/mol. The van der Waals surface area contributed by atoms with Gasteiger partial charge in [-0.25, -0.2) is 4.79 Å². The number of anilines is 1. The number of nitro benzene ring substituents is 1. The molecule has 0 aromatic heterocycles. The van der Waals surface area contributed by atoms with E-state index in [2.05, 4.69) is 0 Å². The molecule has 0 saturated heterocycles. The minimum absolute atomic E-state index is 0.115. The third-order valence-corrected chi connectivity index (χ3v) is 2.88. The van der Waals surface area contributed by atoms with Crippen molar-refractivity contribution in [3.05, 3.63) is 69.8 Å². The first-order valence-corrected chi connectivity index (χ1v) is 6.27. The maximum Gasteiger partial charge on any atom is 0.338 e. The zero-order valence-corrected chi connectivity index (χ0v) is 11.4. The van der Waals surface area contributed by atoms with E-state index in [0.717, 1.165) is 0 Å². The van der Waals surface area contributed by atoms with Crippen LogP contribution < -0.4 is 5.73 Å². The van der Waals surface area contributed by atoms with Gasteiger partial charge in [0.25, 0.3) is 5.69 Å². The summed E-state index contributed by atoms with van der Waals surface area (Å²) >= 11 is 0. The van der Waals surface area contributed by atoms with Crippen molar-refractivity contribution in [3.8, 4) is 0 Å². The van der Waals surface area contributed by atoms with Gasteiger partial charge in [0.1, 0.15) is 0 Å². The first-order chi connectivity index (χ1) is 10.5. The van der Waals surface area contributed by atoms with Crippen LogP contribution in [-0.4, -0.2) is 23.3 Å². The summed E-state index contributed by atoms with van der Waals surface area (Å²) in [7, 11) is 0. The van der Waals surface area contributed by atoms with Gasteiger partial charge in [0.2, 0.25) is 0 Å². The molecule has 0 aliphatic heterocycles. The average Bonchev–Trinajstić information content (AvgIpc) is 2.53. The molecular formula is C15H12N2O5. The molecule has 112 valence electrons. The monoisotopic (exact) mass is 300 g/mol. The smallest absolute Gasteiger partial charge is 0.338 e. The van der Waals surface area contributed by atoms with Crippen molar-refractivity contribution < 1.29 is 19.2 Å². The Morgan fingerprint density at radius 2 is 1.55 bits per heavy atom. The molecule has 0 heterocycles. The minimum Gasteiger partial charge on any atom is -0.454 e. The Balaban J connectivity index is 1.96. The Morgan fingerprint density at radius 3 is 2.09 bits per heavy atom. The van der Waals surface area contributed by atoms with E-state index in [-0.39, 0.29) is 16.8 Å². The summed E-state index contributed by atoms with van der Waals surface area (Å²) in [6.07, 6.45) is 0. The van der Waals surface area contributed by atoms with Gasteiger partial charge in [0.05, 0.1) is 10.5 Å². The number of nitrogens with zero attached hydrogens (tertiary/aromatic N) is 1. The van der Waals surface area contributed by atoms with Crippen LogP contribution in [0.1, 0.15) is 20.7 Å². The van der Waals surface area contributed by atoms with Gasteiger partial charge in [0.15, 0.2) is 12.4 Å². The first kappa shape index (κ1) is 15.2. The van der Waals surface area contributed by atoms with Gasteiger partial charge in [-0.15, -0.1) is 0 Å². The first-order valence-electron chi connectivity index (χ1n) is 6.27. The normalized spacial score (nSPS) is 10.0. The van der Waals surface area contributed by atoms with E-state index < -0.39 is 23.3 Å². The molecule has 2 rings (SSSR count). The summed E-state index contributed by atoms with van der Waals surface area (Å²) in [6.45, 7) is -0.443. The van der Waals surface area contributed by atoms with Crippen LogP contribution in [0.3, 0.4) is 0 Å². The molecule has 0 unspecified atom stereocenters. The van der Waals surface area contributed by atoms with E-state index in [4.69, 9.17) is 10.5 Å². The lowest BCUT2D eigenvalue weighted by molar-refractivity contribution is -0.384. The summed E-state index contributed by atoms with van der Waals surface area (Å²) < 4.78 is 4.90. The maximum atomic E-state index is 11.8. The fourth-order valence-corrected chi connectivity index (χ4v) is 1.69. The third kappa shape index (κ3) is 3.66. The Hall–Kier alpha value is -3.22. The number of ether oxygens (including phenoxy) is 1. The van der Waals surface area contributed by atoms with Gasteiger partial charge in [-0.1, -0.05) is 0 Å². The van der Waals surface area contributed by atoms with Crippen molar-refractivity contribution in [2.45, 2.75) is 0 Å². The molecule has 0 aliphatic rings. The van der Waals surface area contributed by atoms with Gasteiger partial charge < -0.3 is 10.5 Å². The molecule has 0 bridgehead atoms. The lowest BCUT2D eigenvalue weighted by Crippen LogP contribution is -2.14. The number of carbonyl (C=O) groups excluding carboxylic acids is 2. The summed E-state index contributed by atoms with van der Waals surface area (Å²) in [5, 5.41) is 10.5. The number of esters is 1. The van der Waals surface area contributed by atoms with Gasteiger partial charge in [-0.2, -0.15) is 0 Å². The standard InChI is InChI=1S/C15H12N2O5/c16-12-5-1-11(2-6-12)15(19)22-9-14(18)10-3-7-13(8-4-10)17(20)21/h1-8H,9,16H2. The molecule has 2 aromatic rings. The van der Waals surface area contributed by atoms with Crippen molar-refractivity contribution in [3.63, 3.8) is 0 Å². The zero-order chi connectivity index (χ0) is 16.1. The van der Waals surface area contributed by atoms with E-state index in [9.17, 15) is 19.7 Å². The van der Waals surface area contributed by atoms with Crippen LogP contribution in [0.4, 0.5) is 11.4 Å². The van der Waals surface area contributed by atoms with E-state index in [1.807, 2.05) is 0 Å². The number of hydrogen-bond acceptors (Lipinski definition) is 6. The lowest BCUT2D eigenvalue weighted by Gasteiger charge is -2.04. The number of rotatable bonds is 5. The number of non-ortho nitro benzene ring substituents is 1. The highest BCUT2D eigenvalue weighted by Crippen LogP contribution is 2.13. The number of benzene rings is 2. The molecular weight excluding hydrogens is 288 g/mol. The van der Waals surface area contributed by atoms with Crippen LogP contribution in [-0.2, 0) is 4.74 Å². The SMILES string of the molecule is Nc1ccc(C(=O)OCC(=O)c2ccc([N+](=O)[O-])cc2)cc1. The quantitative estimate of drug-likeness (QED) is 0.298. The van der Waals surface area contributed by atoms with Crippen molar-refractivity contribution in [1.29, 1.82) is 0 Å². The maximum absolute atomic E-state index is 11.8. The highest BCUT2D eigenvalue weighted by molar-refractivity contribution is 5.99. The number of nitro groups is 1. The topological polar surface area (TPSA) is 113 Å². The van der Waals surface area contributed by atoms with Gasteiger partial charge in [-0.3, -0.25) is 14.9 Å². The summed E-state index contributed by atoms with van der Waals surface area (Å²) in [6, 6.07) is 11.2. The number of Topliss-reactive ketones (excluding diaryl/α,β-unsaturated/α-hetero) is 1. The molecule has 0 amide bonds. The molecule has 0 radical (unpaired) electrons. The van der Waals surface area contributed by atoms with E-state index in [0.29, 0.717) is 5.69 Å². The molecule has 2 N–H and O–H groups in total. The molecule has 0 saturated carbocycles. The number of carbonyl (C=O) groups is 2. The van der Waals surface area contributed by atoms with E-state index >= 15 is 0 Å². The van der Waals surface area contributed by atoms with Crippen LogP contribution in [0.25, 0.3) is 0 Å². The Kier molecular flexibility index (Phi) is 4.47. The second kappa shape index (κ2) is 6.49. The molecule has 7 nitrogen and oxygen atoms in total. The predicted octanol–water partition coefficient (Wildman–Crippen LogP) is 2.22. The summed E-state index contributed by atoms with van der Waals surface area (Å²) in [5.74, 6) is -1.09. The summed E-state index contributed by atoms with van der Waals surface area (Å²) in [5.41, 5.74) is 6.42. The molecule has 2 aromatic carbocycles. The van der Waals surface area contributed by atoms with Crippen molar-refractivity contribution in [2.24, 2.45) is 0 Å². The Bertz CT molecular complexity index is 708. The highest BCUT2D eigenvalue weighted by Gasteiger charge is 2.13. The van der Waals surface area contributed by atoms with E-state index in [1.54, 1.807) is 12.1 Å². The van der Waals surface area contributed by atoms with Crippen molar-refractivity contribution >= 4 is 23.1 Å². The van der Waals surface area contributed by atoms with Crippen LogP contribution >= 0.6 is 0 Å². The second-order valence-corrected chi connectivity index (χ2v) is 4.43. The molecule has 0 atom stereocenters. The predicted molar refractivity (Wildman–Crippen MR) is 78.6 cm³/mol. The highest BCUT2D eigenvalue weighted by atomic mass is 16.6. The zero-order valence-electron chi connectivity index (χ0n) is 11.4. The van der Waals surface area contributed by atoms with E-state index in [1.165, 1.54) is 36.4 Å². The number of hydrogen-bond donors (Lipinski definition) is 1. The molecule has 0 fully saturated rings. The van der Waals surface area contributed by atoms with Crippen LogP contribution in [0.15, 0.2) is 48.5 Å². The van der Waals surface area contributed by atoms with Crippen LogP contribution in [0, 0.1) is 10.1 Å². The molecule has 7 heteroatoms.